The predicted molar refractivity (Wildman–Crippen MR) is 137 cm³/mol. The molecule has 192 valence electrons. The summed E-state index contributed by atoms with van der Waals surface area (Å²) in [4.78, 5) is 34.0. The van der Waals surface area contributed by atoms with Gasteiger partial charge in [-0.05, 0) is 53.9 Å². The molecule has 0 aliphatic carbocycles. The summed E-state index contributed by atoms with van der Waals surface area (Å²) in [5, 5.41) is 6.08. The Kier molecular flexibility index (Phi) is 7.43. The van der Waals surface area contributed by atoms with Crippen LogP contribution in [0.4, 0.5) is 16.4 Å². The number of carbonyl (C=O) groups is 2. The number of ether oxygens (including phenoxy) is 3. The van der Waals surface area contributed by atoms with Gasteiger partial charge in [-0.1, -0.05) is 18.2 Å². The molecule has 4 heterocycles. The third-order valence-corrected chi connectivity index (χ3v) is 5.95. The van der Waals surface area contributed by atoms with Crippen molar-refractivity contribution in [2.24, 2.45) is 5.73 Å². The molecule has 2 amide bonds. The van der Waals surface area contributed by atoms with Crippen LogP contribution in [0.5, 0.6) is 11.6 Å². The Labute approximate surface area is 213 Å². The van der Waals surface area contributed by atoms with E-state index in [1.165, 1.54) is 4.90 Å². The van der Waals surface area contributed by atoms with Crippen molar-refractivity contribution in [2.45, 2.75) is 19.1 Å². The van der Waals surface area contributed by atoms with Crippen LogP contribution in [0.3, 0.4) is 0 Å². The molecule has 0 radical (unpaired) electrons. The van der Waals surface area contributed by atoms with E-state index in [2.05, 4.69) is 32.7 Å². The van der Waals surface area contributed by atoms with E-state index in [1.54, 1.807) is 18.3 Å². The molecule has 5 rings (SSSR count). The number of hydrogen-bond donors (Lipinski definition) is 3. The first-order valence-corrected chi connectivity index (χ1v) is 12.1. The van der Waals surface area contributed by atoms with Gasteiger partial charge in [0.15, 0.2) is 18.2 Å². The first-order chi connectivity index (χ1) is 18.1. The second-order valence-corrected chi connectivity index (χ2v) is 8.66. The molecule has 4 N–H and O–H groups in total. The quantitative estimate of drug-likeness (QED) is 0.355. The molecule has 1 unspecified atom stereocenters. The minimum absolute atomic E-state index is 0.0476. The number of cyclic esters (lactones) is 1. The standard InChI is InChI=1S/C26H28N6O5/c27-8-11-35-24-13-19(6-10-29-24)18-3-1-2-17(12-18)14-28-9-7-20-15-32(26(34)37-20)22-5-4-21-25(30-22)31-23(33)16-36-21/h1-6,10,12-13,20,28H,7-9,11,14-16,27H2,(H,30,31,33). The molecular weight excluding hydrogens is 476 g/mol. The van der Waals surface area contributed by atoms with Crippen molar-refractivity contribution in [1.29, 1.82) is 0 Å². The summed E-state index contributed by atoms with van der Waals surface area (Å²) >= 11 is 0. The van der Waals surface area contributed by atoms with Crippen LogP contribution in [0.2, 0.25) is 0 Å². The number of pyridine rings is 2. The molecule has 0 spiro atoms. The topological polar surface area (TPSA) is 141 Å². The minimum Gasteiger partial charge on any atom is -0.480 e. The summed E-state index contributed by atoms with van der Waals surface area (Å²) in [6.45, 7) is 2.54. The van der Waals surface area contributed by atoms with Crippen molar-refractivity contribution >= 4 is 23.6 Å². The van der Waals surface area contributed by atoms with Crippen LogP contribution in [-0.2, 0) is 16.1 Å². The van der Waals surface area contributed by atoms with E-state index in [0.717, 1.165) is 16.7 Å². The second-order valence-electron chi connectivity index (χ2n) is 8.66. The molecule has 37 heavy (non-hydrogen) atoms. The summed E-state index contributed by atoms with van der Waals surface area (Å²) in [7, 11) is 0. The van der Waals surface area contributed by atoms with E-state index < -0.39 is 6.09 Å². The second kappa shape index (κ2) is 11.2. The highest BCUT2D eigenvalue weighted by Gasteiger charge is 2.33. The van der Waals surface area contributed by atoms with Gasteiger partial charge in [0.05, 0.1) is 6.54 Å². The molecule has 1 atom stereocenters. The fraction of sp³-hybridized carbons (Fsp3) is 0.308. The number of hydrogen-bond acceptors (Lipinski definition) is 9. The van der Waals surface area contributed by atoms with Crippen molar-refractivity contribution in [1.82, 2.24) is 15.3 Å². The Balaban J connectivity index is 1.12. The maximum Gasteiger partial charge on any atom is 0.415 e. The minimum atomic E-state index is -0.458. The Morgan fingerprint density at radius 3 is 2.95 bits per heavy atom. The van der Waals surface area contributed by atoms with Crippen molar-refractivity contribution in [3.8, 4) is 22.8 Å². The van der Waals surface area contributed by atoms with E-state index in [9.17, 15) is 9.59 Å². The van der Waals surface area contributed by atoms with Gasteiger partial charge in [0.25, 0.3) is 5.91 Å². The number of aromatic nitrogens is 2. The number of anilines is 2. The molecule has 2 aliphatic heterocycles. The van der Waals surface area contributed by atoms with Gasteiger partial charge in [-0.25, -0.2) is 14.8 Å². The largest absolute Gasteiger partial charge is 0.480 e. The van der Waals surface area contributed by atoms with Crippen LogP contribution in [0, 0.1) is 0 Å². The molecule has 11 nitrogen and oxygen atoms in total. The maximum atomic E-state index is 12.4. The highest BCUT2D eigenvalue weighted by atomic mass is 16.6. The zero-order valence-electron chi connectivity index (χ0n) is 20.2. The molecule has 1 aromatic carbocycles. The Morgan fingerprint density at radius 2 is 2.05 bits per heavy atom. The number of nitrogens with zero attached hydrogens (tertiary/aromatic N) is 3. The normalized spacial score (nSPS) is 16.6. The van der Waals surface area contributed by atoms with Crippen LogP contribution in [0.1, 0.15) is 12.0 Å². The van der Waals surface area contributed by atoms with Crippen molar-refractivity contribution in [3.63, 3.8) is 0 Å². The summed E-state index contributed by atoms with van der Waals surface area (Å²) in [5.74, 6) is 1.47. The Bertz CT molecular complexity index is 1290. The highest BCUT2D eigenvalue weighted by molar-refractivity contribution is 5.95. The fourth-order valence-electron chi connectivity index (χ4n) is 4.15. The fourth-order valence-corrected chi connectivity index (χ4v) is 4.15. The molecule has 1 fully saturated rings. The van der Waals surface area contributed by atoms with Crippen LogP contribution < -0.4 is 30.7 Å². The Hall–Kier alpha value is -4.22. The molecular formula is C26H28N6O5. The summed E-state index contributed by atoms with van der Waals surface area (Å²) < 4.78 is 16.4. The lowest BCUT2D eigenvalue weighted by Crippen LogP contribution is -2.29. The number of amides is 2. The van der Waals surface area contributed by atoms with Crippen LogP contribution >= 0.6 is 0 Å². The van der Waals surface area contributed by atoms with Gasteiger partial charge < -0.3 is 30.6 Å². The lowest BCUT2D eigenvalue weighted by atomic mass is 10.0. The van der Waals surface area contributed by atoms with Gasteiger partial charge >= 0.3 is 6.09 Å². The molecule has 0 bridgehead atoms. The SMILES string of the molecule is NCCOc1cc(-c2cccc(CNCCC3CN(c4ccc5c(n4)NC(=O)CO5)C(=O)O3)c2)ccn1. The molecule has 0 saturated carbocycles. The molecule has 2 aliphatic rings. The van der Waals surface area contributed by atoms with Gasteiger partial charge in [-0.3, -0.25) is 9.69 Å². The smallest absolute Gasteiger partial charge is 0.415 e. The number of benzene rings is 1. The first kappa shape index (κ1) is 24.5. The zero-order valence-corrected chi connectivity index (χ0v) is 20.2. The van der Waals surface area contributed by atoms with Gasteiger partial charge in [-0.15, -0.1) is 0 Å². The molecule has 3 aromatic rings. The van der Waals surface area contributed by atoms with E-state index in [0.29, 0.717) is 62.5 Å². The van der Waals surface area contributed by atoms with Crippen LogP contribution in [-0.4, -0.2) is 60.9 Å². The number of rotatable bonds is 10. The summed E-state index contributed by atoms with van der Waals surface area (Å²) in [5.41, 5.74) is 8.72. The van der Waals surface area contributed by atoms with Crippen molar-refractivity contribution < 1.29 is 23.8 Å². The van der Waals surface area contributed by atoms with E-state index >= 15 is 0 Å². The van der Waals surface area contributed by atoms with Gasteiger partial charge in [0.2, 0.25) is 5.88 Å². The zero-order chi connectivity index (χ0) is 25.6. The summed E-state index contributed by atoms with van der Waals surface area (Å²) in [6, 6.07) is 15.5. The van der Waals surface area contributed by atoms with Gasteiger partial charge in [0.1, 0.15) is 18.5 Å². The Morgan fingerprint density at radius 1 is 1.16 bits per heavy atom. The molecule has 11 heteroatoms. The van der Waals surface area contributed by atoms with E-state index in [4.69, 9.17) is 19.9 Å². The van der Waals surface area contributed by atoms with Crippen molar-refractivity contribution in [3.05, 3.63) is 60.3 Å². The van der Waals surface area contributed by atoms with Crippen molar-refractivity contribution in [2.75, 3.05) is 43.1 Å². The predicted octanol–water partition coefficient (Wildman–Crippen LogP) is 2.32. The maximum absolute atomic E-state index is 12.4. The van der Waals surface area contributed by atoms with E-state index in [-0.39, 0.29) is 18.6 Å². The first-order valence-electron chi connectivity index (χ1n) is 12.1. The third kappa shape index (κ3) is 5.96. The lowest BCUT2D eigenvalue weighted by Gasteiger charge is -2.19. The average molecular weight is 505 g/mol. The number of nitrogens with one attached hydrogen (secondary N) is 2. The molecule has 2 aromatic heterocycles. The molecule has 1 saturated heterocycles. The van der Waals surface area contributed by atoms with Crippen LogP contribution in [0.15, 0.2) is 54.7 Å². The third-order valence-electron chi connectivity index (χ3n) is 5.95. The monoisotopic (exact) mass is 504 g/mol. The van der Waals surface area contributed by atoms with Gasteiger partial charge in [0, 0.05) is 25.4 Å². The van der Waals surface area contributed by atoms with Gasteiger partial charge in [-0.2, -0.15) is 0 Å². The number of fused-ring (bicyclic) bond motifs is 1. The number of nitrogens with two attached hydrogens (primary N) is 1. The summed E-state index contributed by atoms with van der Waals surface area (Å²) in [6.07, 6.45) is 1.65. The van der Waals surface area contributed by atoms with Crippen LogP contribution in [0.25, 0.3) is 11.1 Å². The lowest BCUT2D eigenvalue weighted by molar-refractivity contribution is -0.118. The highest BCUT2D eigenvalue weighted by Crippen LogP contribution is 2.30. The van der Waals surface area contributed by atoms with E-state index in [1.807, 2.05) is 24.3 Å². The number of carbonyl (C=O) groups excluding carboxylic acids is 2. The average Bonchev–Trinajstić information content (AvgIpc) is 3.30.